The Bertz CT molecular complexity index is 622. The van der Waals surface area contributed by atoms with E-state index >= 15 is 0 Å². The average molecular weight is 348 g/mol. The zero-order valence-corrected chi connectivity index (χ0v) is 15.0. The molecule has 0 aromatic heterocycles. The second-order valence-electron chi connectivity index (χ2n) is 6.53. The lowest BCUT2D eigenvalue weighted by molar-refractivity contribution is -0.148. The van der Waals surface area contributed by atoms with E-state index in [-0.39, 0.29) is 5.97 Å². The van der Waals surface area contributed by atoms with Gasteiger partial charge < -0.3 is 19.7 Å². The van der Waals surface area contributed by atoms with Crippen molar-refractivity contribution < 1.29 is 14.3 Å². The lowest BCUT2D eigenvalue weighted by atomic mass is 9.86. The largest absolute Gasteiger partial charge is 0.475 e. The first-order chi connectivity index (χ1) is 11.6. The summed E-state index contributed by atoms with van der Waals surface area (Å²) in [5.41, 5.74) is 0.888. The van der Waals surface area contributed by atoms with Crippen molar-refractivity contribution in [3.05, 3.63) is 24.3 Å². The van der Waals surface area contributed by atoms with E-state index in [9.17, 15) is 4.79 Å². The fourth-order valence-corrected chi connectivity index (χ4v) is 3.77. The molecule has 0 unspecified atom stereocenters. The summed E-state index contributed by atoms with van der Waals surface area (Å²) in [5, 5.41) is 4.16. The molecule has 0 amide bonds. The zero-order chi connectivity index (χ0) is 17.1. The maximum absolute atomic E-state index is 11.9. The summed E-state index contributed by atoms with van der Waals surface area (Å²) >= 11 is 5.67. The van der Waals surface area contributed by atoms with E-state index < -0.39 is 6.10 Å². The van der Waals surface area contributed by atoms with Crippen LogP contribution in [-0.2, 0) is 9.53 Å². The zero-order valence-electron chi connectivity index (χ0n) is 14.2. The second kappa shape index (κ2) is 7.38. The summed E-state index contributed by atoms with van der Waals surface area (Å²) in [5.74, 6) is 0.868. The highest BCUT2D eigenvalue weighted by Crippen LogP contribution is 2.34. The molecule has 1 aromatic rings. The normalized spacial score (nSPS) is 26.1. The van der Waals surface area contributed by atoms with Gasteiger partial charge in [-0.3, -0.25) is 0 Å². The molecule has 1 aliphatic heterocycles. The minimum absolute atomic E-state index is 0.358. The summed E-state index contributed by atoms with van der Waals surface area (Å²) in [4.78, 5) is 13.9. The Morgan fingerprint density at radius 2 is 2.08 bits per heavy atom. The molecule has 6 heteroatoms. The number of nitrogens with one attached hydrogen (secondary N) is 1. The number of carbonyl (C=O) groups excluding carboxylic acids is 1. The van der Waals surface area contributed by atoms with Crippen LogP contribution < -0.4 is 15.0 Å². The van der Waals surface area contributed by atoms with E-state index in [0.29, 0.717) is 29.4 Å². The SMILES string of the molecule is COC(=O)[C@H]1CN(C(=S)N[C@@H]2CCCC[C@H]2C)c2ccccc2O1. The molecule has 24 heavy (non-hydrogen) atoms. The lowest BCUT2D eigenvalue weighted by Crippen LogP contribution is -2.53. The Balaban J connectivity index is 1.79. The fourth-order valence-electron chi connectivity index (χ4n) is 3.45. The maximum Gasteiger partial charge on any atom is 0.348 e. The Hall–Kier alpha value is -1.82. The van der Waals surface area contributed by atoms with Gasteiger partial charge in [-0.15, -0.1) is 0 Å². The molecule has 0 bridgehead atoms. The summed E-state index contributed by atoms with van der Waals surface area (Å²) in [6, 6.07) is 8.03. The van der Waals surface area contributed by atoms with Gasteiger partial charge in [0.1, 0.15) is 5.75 Å². The predicted octanol–water partition coefficient (Wildman–Crippen LogP) is 2.88. The van der Waals surface area contributed by atoms with Crippen molar-refractivity contribution in [2.24, 2.45) is 5.92 Å². The van der Waals surface area contributed by atoms with E-state index in [1.165, 1.54) is 26.4 Å². The average Bonchev–Trinajstić information content (AvgIpc) is 2.61. The van der Waals surface area contributed by atoms with Crippen molar-refractivity contribution in [1.82, 2.24) is 5.32 Å². The van der Waals surface area contributed by atoms with Crippen LogP contribution in [0.2, 0.25) is 0 Å². The number of carbonyl (C=O) groups is 1. The van der Waals surface area contributed by atoms with Crippen molar-refractivity contribution >= 4 is 29.0 Å². The number of fused-ring (bicyclic) bond motifs is 1. The molecule has 1 saturated carbocycles. The lowest BCUT2D eigenvalue weighted by Gasteiger charge is -2.38. The highest BCUT2D eigenvalue weighted by molar-refractivity contribution is 7.80. The summed E-state index contributed by atoms with van der Waals surface area (Å²) in [6.07, 6.45) is 4.21. The molecule has 1 aliphatic carbocycles. The van der Waals surface area contributed by atoms with Crippen molar-refractivity contribution in [3.8, 4) is 5.75 Å². The van der Waals surface area contributed by atoms with Gasteiger partial charge in [-0.25, -0.2) is 4.79 Å². The maximum atomic E-state index is 11.9. The molecule has 0 saturated heterocycles. The second-order valence-corrected chi connectivity index (χ2v) is 6.91. The quantitative estimate of drug-likeness (QED) is 0.655. The molecular formula is C18H24N2O3S. The van der Waals surface area contributed by atoms with Crippen LogP contribution in [-0.4, -0.2) is 36.9 Å². The molecule has 1 aromatic carbocycles. The number of para-hydroxylation sites is 2. The van der Waals surface area contributed by atoms with Crippen LogP contribution in [0.3, 0.4) is 0 Å². The first kappa shape index (κ1) is 17.0. The first-order valence-corrected chi connectivity index (χ1v) is 8.92. The molecule has 1 fully saturated rings. The first-order valence-electron chi connectivity index (χ1n) is 8.51. The number of thiocarbonyl (C=S) groups is 1. The smallest absolute Gasteiger partial charge is 0.348 e. The van der Waals surface area contributed by atoms with Gasteiger partial charge in [0, 0.05) is 6.04 Å². The number of esters is 1. The van der Waals surface area contributed by atoms with Crippen molar-refractivity contribution in [1.29, 1.82) is 0 Å². The number of rotatable bonds is 2. The van der Waals surface area contributed by atoms with Gasteiger partial charge in [-0.05, 0) is 43.1 Å². The highest BCUT2D eigenvalue weighted by atomic mass is 32.1. The summed E-state index contributed by atoms with van der Waals surface area (Å²) in [7, 11) is 1.37. The third-order valence-corrected chi connectivity index (χ3v) is 5.24. The van der Waals surface area contributed by atoms with Crippen LogP contribution >= 0.6 is 12.2 Å². The number of benzene rings is 1. The van der Waals surface area contributed by atoms with Crippen LogP contribution in [0.5, 0.6) is 5.75 Å². The topological polar surface area (TPSA) is 50.8 Å². The summed E-state index contributed by atoms with van der Waals surface area (Å²) < 4.78 is 10.6. The molecular weight excluding hydrogens is 324 g/mol. The van der Waals surface area contributed by atoms with E-state index in [1.54, 1.807) is 0 Å². The number of anilines is 1. The fraction of sp³-hybridized carbons (Fsp3) is 0.556. The molecule has 1 N–H and O–H groups in total. The molecule has 2 aliphatic rings. The highest BCUT2D eigenvalue weighted by Gasteiger charge is 2.34. The molecule has 3 rings (SSSR count). The number of hydrogen-bond acceptors (Lipinski definition) is 4. The van der Waals surface area contributed by atoms with E-state index in [2.05, 4.69) is 12.2 Å². The van der Waals surface area contributed by atoms with Crippen LogP contribution in [0.15, 0.2) is 24.3 Å². The summed E-state index contributed by atoms with van der Waals surface area (Å²) in [6.45, 7) is 2.63. The number of methoxy groups -OCH3 is 1. The molecule has 0 radical (unpaired) electrons. The third kappa shape index (κ3) is 3.48. The van der Waals surface area contributed by atoms with Crippen molar-refractivity contribution in [2.45, 2.75) is 44.8 Å². The van der Waals surface area contributed by atoms with Crippen LogP contribution in [0.4, 0.5) is 5.69 Å². The molecule has 3 atom stereocenters. The Morgan fingerprint density at radius 3 is 2.83 bits per heavy atom. The van der Waals surface area contributed by atoms with Gasteiger partial charge in [0.15, 0.2) is 5.11 Å². The Labute approximate surface area is 148 Å². The van der Waals surface area contributed by atoms with Crippen LogP contribution in [0, 0.1) is 5.92 Å². The molecule has 130 valence electrons. The Kier molecular flexibility index (Phi) is 5.23. The van der Waals surface area contributed by atoms with E-state index in [0.717, 1.165) is 12.1 Å². The predicted molar refractivity (Wildman–Crippen MR) is 97.4 cm³/mol. The van der Waals surface area contributed by atoms with E-state index in [1.807, 2.05) is 29.2 Å². The van der Waals surface area contributed by atoms with Crippen LogP contribution in [0.25, 0.3) is 0 Å². The molecule has 5 nitrogen and oxygen atoms in total. The number of ether oxygens (including phenoxy) is 2. The van der Waals surface area contributed by atoms with Gasteiger partial charge >= 0.3 is 5.97 Å². The monoisotopic (exact) mass is 348 g/mol. The minimum atomic E-state index is -0.673. The van der Waals surface area contributed by atoms with Gasteiger partial charge in [-0.2, -0.15) is 0 Å². The van der Waals surface area contributed by atoms with Gasteiger partial charge in [0.2, 0.25) is 6.10 Å². The standard InChI is InChI=1S/C18H24N2O3S/c1-12-7-3-4-8-13(12)19-18(24)20-11-16(17(21)22-2)23-15-10-6-5-9-14(15)20/h5-6,9-10,12-13,16H,3-4,7-8,11H2,1-2H3,(H,19,24)/t12-,13-,16-/m1/s1. The molecule has 0 spiro atoms. The van der Waals surface area contributed by atoms with Gasteiger partial charge in [-0.1, -0.05) is 31.9 Å². The Morgan fingerprint density at radius 1 is 1.33 bits per heavy atom. The van der Waals surface area contributed by atoms with Crippen LogP contribution in [0.1, 0.15) is 32.6 Å². The third-order valence-electron chi connectivity index (χ3n) is 4.90. The van der Waals surface area contributed by atoms with Crippen molar-refractivity contribution in [2.75, 3.05) is 18.6 Å². The molecule has 1 heterocycles. The number of hydrogen-bond donors (Lipinski definition) is 1. The van der Waals surface area contributed by atoms with E-state index in [4.69, 9.17) is 21.7 Å². The van der Waals surface area contributed by atoms with Crippen molar-refractivity contribution in [3.63, 3.8) is 0 Å². The van der Waals surface area contributed by atoms with Gasteiger partial charge in [0.25, 0.3) is 0 Å². The van der Waals surface area contributed by atoms with Gasteiger partial charge in [0.05, 0.1) is 19.3 Å². The minimum Gasteiger partial charge on any atom is -0.475 e. The number of nitrogens with zero attached hydrogens (tertiary/aromatic N) is 1.